The second-order valence-electron chi connectivity index (χ2n) is 6.87. The standard InChI is InChI=1S/C19H25N3O2S/c1-2-14-5-6-16-17(12-14)25-19(20-16)22-7-3-4-15(13-22)18(23)21-8-10-24-11-9-21/h5-6,12,15H,2-4,7-11,13H2,1H3. The van der Waals surface area contributed by atoms with Crippen LogP contribution in [0.15, 0.2) is 18.2 Å². The summed E-state index contributed by atoms with van der Waals surface area (Å²) in [6.07, 6.45) is 3.08. The van der Waals surface area contributed by atoms with E-state index in [4.69, 9.17) is 9.72 Å². The molecule has 134 valence electrons. The highest BCUT2D eigenvalue weighted by molar-refractivity contribution is 7.22. The summed E-state index contributed by atoms with van der Waals surface area (Å²) in [6.45, 7) is 6.76. The predicted molar refractivity (Wildman–Crippen MR) is 101 cm³/mol. The van der Waals surface area contributed by atoms with Crippen molar-refractivity contribution in [3.05, 3.63) is 23.8 Å². The zero-order chi connectivity index (χ0) is 17.2. The molecule has 0 aliphatic carbocycles. The fraction of sp³-hybridized carbons (Fsp3) is 0.579. The van der Waals surface area contributed by atoms with Gasteiger partial charge in [-0.2, -0.15) is 0 Å². The van der Waals surface area contributed by atoms with Gasteiger partial charge in [0.05, 0.1) is 29.3 Å². The number of morpholine rings is 1. The van der Waals surface area contributed by atoms with Crippen LogP contribution in [0.3, 0.4) is 0 Å². The molecular weight excluding hydrogens is 334 g/mol. The number of piperidine rings is 1. The molecule has 25 heavy (non-hydrogen) atoms. The quantitative estimate of drug-likeness (QED) is 0.845. The lowest BCUT2D eigenvalue weighted by molar-refractivity contribution is -0.139. The number of thiazole rings is 1. The number of carbonyl (C=O) groups is 1. The van der Waals surface area contributed by atoms with Gasteiger partial charge in [-0.05, 0) is 37.0 Å². The molecule has 0 N–H and O–H groups in total. The Kier molecular flexibility index (Phi) is 4.90. The van der Waals surface area contributed by atoms with Crippen LogP contribution in [-0.2, 0) is 16.0 Å². The maximum atomic E-state index is 12.8. The summed E-state index contributed by atoms with van der Waals surface area (Å²) in [6, 6.07) is 6.53. The Morgan fingerprint density at radius 2 is 2.16 bits per heavy atom. The Morgan fingerprint density at radius 1 is 1.32 bits per heavy atom. The Hall–Kier alpha value is -1.66. The summed E-state index contributed by atoms with van der Waals surface area (Å²) in [7, 11) is 0. The van der Waals surface area contributed by atoms with E-state index in [1.165, 1.54) is 10.3 Å². The van der Waals surface area contributed by atoms with E-state index in [1.807, 2.05) is 4.90 Å². The third kappa shape index (κ3) is 3.51. The number of ether oxygens (including phenoxy) is 1. The van der Waals surface area contributed by atoms with Crippen LogP contribution in [-0.4, -0.2) is 55.2 Å². The minimum atomic E-state index is 0.0880. The summed E-state index contributed by atoms with van der Waals surface area (Å²) in [4.78, 5) is 21.9. The molecule has 1 aromatic carbocycles. The molecule has 0 spiro atoms. The lowest BCUT2D eigenvalue weighted by Gasteiger charge is -2.36. The van der Waals surface area contributed by atoms with Crippen LogP contribution in [0.1, 0.15) is 25.3 Å². The molecule has 1 atom stereocenters. The number of hydrogen-bond acceptors (Lipinski definition) is 5. The number of amides is 1. The van der Waals surface area contributed by atoms with Gasteiger partial charge < -0.3 is 14.5 Å². The van der Waals surface area contributed by atoms with Crippen molar-refractivity contribution in [2.45, 2.75) is 26.2 Å². The third-order valence-electron chi connectivity index (χ3n) is 5.21. The van der Waals surface area contributed by atoms with Gasteiger partial charge in [-0.1, -0.05) is 24.3 Å². The molecule has 5 nitrogen and oxygen atoms in total. The molecule has 0 radical (unpaired) electrons. The number of fused-ring (bicyclic) bond motifs is 1. The molecule has 2 aromatic rings. The van der Waals surface area contributed by atoms with Crippen molar-refractivity contribution >= 4 is 32.6 Å². The molecule has 4 rings (SSSR count). The highest BCUT2D eigenvalue weighted by Gasteiger charge is 2.31. The zero-order valence-electron chi connectivity index (χ0n) is 14.7. The minimum absolute atomic E-state index is 0.0880. The number of hydrogen-bond donors (Lipinski definition) is 0. The first-order valence-electron chi connectivity index (χ1n) is 9.25. The Bertz CT molecular complexity index is 754. The molecule has 0 saturated carbocycles. The molecule has 2 fully saturated rings. The summed E-state index contributed by atoms with van der Waals surface area (Å²) in [5.41, 5.74) is 2.42. The maximum absolute atomic E-state index is 12.8. The van der Waals surface area contributed by atoms with E-state index in [-0.39, 0.29) is 5.92 Å². The van der Waals surface area contributed by atoms with Crippen LogP contribution in [0.4, 0.5) is 5.13 Å². The summed E-state index contributed by atoms with van der Waals surface area (Å²) < 4.78 is 6.61. The first-order valence-corrected chi connectivity index (χ1v) is 10.1. The van der Waals surface area contributed by atoms with Gasteiger partial charge in [-0.3, -0.25) is 4.79 Å². The first kappa shape index (κ1) is 16.8. The molecule has 1 amide bonds. The fourth-order valence-electron chi connectivity index (χ4n) is 3.71. The van der Waals surface area contributed by atoms with E-state index in [9.17, 15) is 4.79 Å². The van der Waals surface area contributed by atoms with Gasteiger partial charge in [-0.15, -0.1) is 0 Å². The predicted octanol–water partition coefficient (Wildman–Crippen LogP) is 2.93. The molecule has 1 aromatic heterocycles. The van der Waals surface area contributed by atoms with Crippen molar-refractivity contribution < 1.29 is 9.53 Å². The van der Waals surface area contributed by atoms with Crippen molar-refractivity contribution in [1.82, 2.24) is 9.88 Å². The van der Waals surface area contributed by atoms with Crippen molar-refractivity contribution in [2.75, 3.05) is 44.3 Å². The monoisotopic (exact) mass is 359 g/mol. The van der Waals surface area contributed by atoms with Crippen molar-refractivity contribution in [3.8, 4) is 0 Å². The van der Waals surface area contributed by atoms with E-state index in [0.717, 1.165) is 56.1 Å². The number of anilines is 1. The van der Waals surface area contributed by atoms with Gasteiger partial charge >= 0.3 is 0 Å². The van der Waals surface area contributed by atoms with E-state index >= 15 is 0 Å². The van der Waals surface area contributed by atoms with Crippen LogP contribution in [0, 0.1) is 5.92 Å². The van der Waals surface area contributed by atoms with Gasteiger partial charge in [-0.25, -0.2) is 4.98 Å². The molecule has 0 bridgehead atoms. The molecule has 1 unspecified atom stereocenters. The Morgan fingerprint density at radius 3 is 2.96 bits per heavy atom. The van der Waals surface area contributed by atoms with E-state index in [0.29, 0.717) is 19.1 Å². The number of rotatable bonds is 3. The lowest BCUT2D eigenvalue weighted by Crippen LogP contribution is -2.48. The second-order valence-corrected chi connectivity index (χ2v) is 7.88. The first-order chi connectivity index (χ1) is 12.2. The highest BCUT2D eigenvalue weighted by atomic mass is 32.1. The third-order valence-corrected chi connectivity index (χ3v) is 6.29. The van der Waals surface area contributed by atoms with Gasteiger partial charge in [0.15, 0.2) is 5.13 Å². The number of benzene rings is 1. The van der Waals surface area contributed by atoms with Crippen LogP contribution in [0.5, 0.6) is 0 Å². The van der Waals surface area contributed by atoms with Crippen LogP contribution in [0.2, 0.25) is 0 Å². The van der Waals surface area contributed by atoms with E-state index in [1.54, 1.807) is 11.3 Å². The number of nitrogens with zero attached hydrogens (tertiary/aromatic N) is 3. The average Bonchev–Trinajstić information content (AvgIpc) is 3.11. The molecule has 2 saturated heterocycles. The van der Waals surface area contributed by atoms with Crippen molar-refractivity contribution in [1.29, 1.82) is 0 Å². The largest absolute Gasteiger partial charge is 0.378 e. The summed E-state index contributed by atoms with van der Waals surface area (Å²) >= 11 is 1.75. The average molecular weight is 359 g/mol. The molecule has 3 heterocycles. The Labute approximate surface area is 152 Å². The molecule has 2 aliphatic rings. The van der Waals surface area contributed by atoms with Crippen LogP contribution >= 0.6 is 11.3 Å². The number of aromatic nitrogens is 1. The van der Waals surface area contributed by atoms with Crippen molar-refractivity contribution in [2.24, 2.45) is 5.92 Å². The zero-order valence-corrected chi connectivity index (χ0v) is 15.6. The highest BCUT2D eigenvalue weighted by Crippen LogP contribution is 2.32. The number of aryl methyl sites for hydroxylation is 1. The van der Waals surface area contributed by atoms with Gasteiger partial charge in [0.2, 0.25) is 5.91 Å². The normalized spacial score (nSPS) is 21.7. The topological polar surface area (TPSA) is 45.7 Å². The van der Waals surface area contributed by atoms with Gasteiger partial charge in [0.1, 0.15) is 0 Å². The smallest absolute Gasteiger partial charge is 0.227 e. The van der Waals surface area contributed by atoms with Crippen LogP contribution < -0.4 is 4.90 Å². The van der Waals surface area contributed by atoms with Gasteiger partial charge in [0.25, 0.3) is 0 Å². The Balaban J connectivity index is 1.49. The van der Waals surface area contributed by atoms with Gasteiger partial charge in [0, 0.05) is 26.2 Å². The number of carbonyl (C=O) groups excluding carboxylic acids is 1. The minimum Gasteiger partial charge on any atom is -0.378 e. The summed E-state index contributed by atoms with van der Waals surface area (Å²) in [5.74, 6) is 0.382. The molecule has 6 heteroatoms. The summed E-state index contributed by atoms with van der Waals surface area (Å²) in [5, 5.41) is 1.06. The molecule has 2 aliphatic heterocycles. The van der Waals surface area contributed by atoms with Crippen molar-refractivity contribution in [3.63, 3.8) is 0 Å². The van der Waals surface area contributed by atoms with E-state index < -0.39 is 0 Å². The SMILES string of the molecule is CCc1ccc2nc(N3CCCC(C(=O)N4CCOCC4)C3)sc2c1. The van der Waals surface area contributed by atoms with Crippen LogP contribution in [0.25, 0.3) is 10.2 Å². The fourth-order valence-corrected chi connectivity index (χ4v) is 4.77. The molecular formula is C19H25N3O2S. The maximum Gasteiger partial charge on any atom is 0.227 e. The second kappa shape index (κ2) is 7.30. The lowest BCUT2D eigenvalue weighted by atomic mass is 9.96. The van der Waals surface area contributed by atoms with E-state index in [2.05, 4.69) is 30.0 Å².